The zero-order chi connectivity index (χ0) is 16.0. The second-order valence-corrected chi connectivity index (χ2v) is 6.94. The third-order valence-electron chi connectivity index (χ3n) is 2.73. The molecule has 2 rings (SSSR count). The summed E-state index contributed by atoms with van der Waals surface area (Å²) in [5.74, 6) is -1.52. The number of benzene rings is 1. The number of primary sulfonamides is 1. The minimum absolute atomic E-state index is 0.108. The van der Waals surface area contributed by atoms with E-state index in [1.54, 1.807) is 20.8 Å². The minimum Gasteiger partial charge on any atom is -0.291 e. The van der Waals surface area contributed by atoms with Crippen LogP contribution in [0.25, 0.3) is 11.4 Å². The summed E-state index contributed by atoms with van der Waals surface area (Å²) in [6.45, 7) is 5.02. The highest BCUT2D eigenvalue weighted by Crippen LogP contribution is 2.29. The SMILES string of the molecule is CC(C)(C)n1c(-c2cc(F)ccc2F)nnc1S(N)(=O)=O. The summed E-state index contributed by atoms with van der Waals surface area (Å²) in [4.78, 5) is 0. The molecule has 0 saturated heterocycles. The average Bonchev–Trinajstić information content (AvgIpc) is 2.76. The third kappa shape index (κ3) is 2.93. The van der Waals surface area contributed by atoms with Crippen molar-refractivity contribution < 1.29 is 17.2 Å². The van der Waals surface area contributed by atoms with Gasteiger partial charge in [-0.2, -0.15) is 0 Å². The molecule has 1 heterocycles. The first kappa shape index (κ1) is 15.5. The van der Waals surface area contributed by atoms with Crippen LogP contribution in [0.3, 0.4) is 0 Å². The molecule has 0 unspecified atom stereocenters. The Morgan fingerprint density at radius 1 is 1.19 bits per heavy atom. The predicted octanol–water partition coefficient (Wildman–Crippen LogP) is 1.63. The Labute approximate surface area is 120 Å². The Hall–Kier alpha value is -1.87. The lowest BCUT2D eigenvalue weighted by Crippen LogP contribution is -2.29. The van der Waals surface area contributed by atoms with Crippen molar-refractivity contribution in [2.24, 2.45) is 5.14 Å². The zero-order valence-corrected chi connectivity index (χ0v) is 12.4. The van der Waals surface area contributed by atoms with Gasteiger partial charge in [0.2, 0.25) is 0 Å². The van der Waals surface area contributed by atoms with Crippen LogP contribution in [0.4, 0.5) is 8.78 Å². The molecule has 0 atom stereocenters. The highest BCUT2D eigenvalue weighted by atomic mass is 32.2. The first-order valence-corrected chi connectivity index (χ1v) is 7.50. The quantitative estimate of drug-likeness (QED) is 0.911. The number of hydrogen-bond donors (Lipinski definition) is 1. The molecule has 1 aromatic heterocycles. The third-order valence-corrected chi connectivity index (χ3v) is 3.50. The topological polar surface area (TPSA) is 90.9 Å². The van der Waals surface area contributed by atoms with E-state index in [2.05, 4.69) is 10.2 Å². The van der Waals surface area contributed by atoms with Crippen molar-refractivity contribution in [3.8, 4) is 11.4 Å². The second kappa shape index (κ2) is 4.85. The molecule has 2 aromatic rings. The normalized spacial score (nSPS) is 12.7. The molecule has 0 bridgehead atoms. The van der Waals surface area contributed by atoms with E-state index in [0.717, 1.165) is 18.2 Å². The predicted molar refractivity (Wildman–Crippen MR) is 71.7 cm³/mol. The summed E-state index contributed by atoms with van der Waals surface area (Å²) >= 11 is 0. The molecule has 6 nitrogen and oxygen atoms in total. The molecule has 21 heavy (non-hydrogen) atoms. The zero-order valence-electron chi connectivity index (χ0n) is 11.6. The molecule has 0 amide bonds. The summed E-state index contributed by atoms with van der Waals surface area (Å²) in [6.07, 6.45) is 0. The van der Waals surface area contributed by atoms with Crippen molar-refractivity contribution in [2.45, 2.75) is 31.5 Å². The molecule has 0 spiro atoms. The fraction of sp³-hybridized carbons (Fsp3) is 0.333. The van der Waals surface area contributed by atoms with E-state index in [9.17, 15) is 17.2 Å². The van der Waals surface area contributed by atoms with Gasteiger partial charge in [-0.1, -0.05) is 0 Å². The van der Waals surface area contributed by atoms with Crippen molar-refractivity contribution in [3.63, 3.8) is 0 Å². The molecule has 0 aliphatic rings. The van der Waals surface area contributed by atoms with Crippen molar-refractivity contribution >= 4 is 10.0 Å². The van der Waals surface area contributed by atoms with Gasteiger partial charge in [0.15, 0.2) is 5.82 Å². The van der Waals surface area contributed by atoms with Gasteiger partial charge in [-0.15, -0.1) is 10.2 Å². The number of aromatic nitrogens is 3. The van der Waals surface area contributed by atoms with Gasteiger partial charge in [-0.05, 0) is 39.0 Å². The van der Waals surface area contributed by atoms with Gasteiger partial charge in [-0.25, -0.2) is 22.3 Å². The molecule has 0 radical (unpaired) electrons. The summed E-state index contributed by atoms with van der Waals surface area (Å²) in [7, 11) is -4.15. The Kier molecular flexibility index (Phi) is 3.58. The molecule has 1 aromatic carbocycles. The standard InChI is InChI=1S/C12H14F2N4O2S/c1-12(2,3)18-10(16-17-11(18)21(15,19)20)8-6-7(13)4-5-9(8)14/h4-6H,1-3H3,(H2,15,19,20). The minimum atomic E-state index is -4.15. The first-order valence-electron chi connectivity index (χ1n) is 5.96. The monoisotopic (exact) mass is 316 g/mol. The maximum absolute atomic E-state index is 13.9. The van der Waals surface area contributed by atoms with E-state index >= 15 is 0 Å². The highest BCUT2D eigenvalue weighted by Gasteiger charge is 2.30. The van der Waals surface area contributed by atoms with Crippen molar-refractivity contribution in [3.05, 3.63) is 29.8 Å². The molecule has 0 aliphatic heterocycles. The van der Waals surface area contributed by atoms with Gasteiger partial charge < -0.3 is 0 Å². The number of hydrogen-bond acceptors (Lipinski definition) is 4. The fourth-order valence-corrected chi connectivity index (χ4v) is 2.67. The number of halogens is 2. The number of nitrogens with two attached hydrogens (primary N) is 1. The highest BCUT2D eigenvalue weighted by molar-refractivity contribution is 7.89. The number of nitrogens with zero attached hydrogens (tertiary/aromatic N) is 3. The molecule has 114 valence electrons. The Bertz CT molecular complexity index is 794. The van der Waals surface area contributed by atoms with E-state index in [-0.39, 0.29) is 11.4 Å². The van der Waals surface area contributed by atoms with Crippen LogP contribution in [0.1, 0.15) is 20.8 Å². The van der Waals surface area contributed by atoms with Gasteiger partial charge in [0.25, 0.3) is 15.2 Å². The smallest absolute Gasteiger partial charge is 0.273 e. The fourth-order valence-electron chi connectivity index (χ4n) is 1.90. The van der Waals surface area contributed by atoms with Crippen LogP contribution >= 0.6 is 0 Å². The van der Waals surface area contributed by atoms with Crippen LogP contribution in [0.5, 0.6) is 0 Å². The van der Waals surface area contributed by atoms with E-state index in [0.29, 0.717) is 0 Å². The molecule has 0 aliphatic carbocycles. The van der Waals surface area contributed by atoms with Crippen LogP contribution in [0.15, 0.2) is 23.4 Å². The molecule has 0 saturated carbocycles. The van der Waals surface area contributed by atoms with Gasteiger partial charge in [0, 0.05) is 5.54 Å². The van der Waals surface area contributed by atoms with Crippen LogP contribution in [0, 0.1) is 11.6 Å². The number of rotatable bonds is 2. The van der Waals surface area contributed by atoms with Gasteiger partial charge >= 0.3 is 0 Å². The maximum Gasteiger partial charge on any atom is 0.273 e. The van der Waals surface area contributed by atoms with Gasteiger partial charge in [0.1, 0.15) is 11.6 Å². The molecular weight excluding hydrogens is 302 g/mol. The Balaban J connectivity index is 2.83. The van der Waals surface area contributed by atoms with Crippen molar-refractivity contribution in [1.82, 2.24) is 14.8 Å². The lowest BCUT2D eigenvalue weighted by atomic mass is 10.1. The molecule has 9 heteroatoms. The van der Waals surface area contributed by atoms with Crippen molar-refractivity contribution in [1.29, 1.82) is 0 Å². The van der Waals surface area contributed by atoms with E-state index in [4.69, 9.17) is 5.14 Å². The van der Waals surface area contributed by atoms with E-state index < -0.39 is 32.4 Å². The second-order valence-electron chi connectivity index (χ2n) is 5.48. The molecule has 2 N–H and O–H groups in total. The largest absolute Gasteiger partial charge is 0.291 e. The Morgan fingerprint density at radius 2 is 1.81 bits per heavy atom. The summed E-state index contributed by atoms with van der Waals surface area (Å²) in [5, 5.41) is 11.8. The van der Waals surface area contributed by atoms with Crippen LogP contribution in [-0.2, 0) is 15.6 Å². The average molecular weight is 316 g/mol. The van der Waals surface area contributed by atoms with E-state index in [1.165, 1.54) is 4.57 Å². The van der Waals surface area contributed by atoms with Crippen LogP contribution in [0.2, 0.25) is 0 Å². The molecule has 0 fully saturated rings. The van der Waals surface area contributed by atoms with Gasteiger partial charge in [0.05, 0.1) is 5.56 Å². The van der Waals surface area contributed by atoms with Crippen LogP contribution < -0.4 is 5.14 Å². The van der Waals surface area contributed by atoms with E-state index in [1.807, 2.05) is 0 Å². The van der Waals surface area contributed by atoms with Crippen molar-refractivity contribution in [2.75, 3.05) is 0 Å². The maximum atomic E-state index is 13.9. The first-order chi connectivity index (χ1) is 9.51. The lowest BCUT2D eigenvalue weighted by Gasteiger charge is -2.24. The summed E-state index contributed by atoms with van der Waals surface area (Å²) in [6, 6.07) is 2.81. The summed E-state index contributed by atoms with van der Waals surface area (Å²) in [5.41, 5.74) is -0.994. The van der Waals surface area contributed by atoms with Crippen LogP contribution in [-0.4, -0.2) is 23.2 Å². The lowest BCUT2D eigenvalue weighted by molar-refractivity contribution is 0.365. The Morgan fingerprint density at radius 3 is 2.33 bits per heavy atom. The van der Waals surface area contributed by atoms with Gasteiger partial charge in [-0.3, -0.25) is 4.57 Å². The summed E-state index contributed by atoms with van der Waals surface area (Å²) < 4.78 is 51.6. The molecular formula is C12H14F2N4O2S. The number of sulfonamides is 1.